The fourth-order valence-electron chi connectivity index (χ4n) is 3.44. The molecule has 0 amide bonds. The molecule has 1 fully saturated rings. The van der Waals surface area contributed by atoms with Gasteiger partial charge in [0.2, 0.25) is 0 Å². The molecule has 2 heterocycles. The molecule has 0 aliphatic carbocycles. The van der Waals surface area contributed by atoms with Gasteiger partial charge in [0.1, 0.15) is 12.0 Å². The van der Waals surface area contributed by atoms with Crippen LogP contribution in [0.25, 0.3) is 0 Å². The third-order valence-electron chi connectivity index (χ3n) is 5.32. The van der Waals surface area contributed by atoms with Crippen molar-refractivity contribution >= 4 is 29.9 Å². The molecule has 0 saturated carbocycles. The van der Waals surface area contributed by atoms with Crippen LogP contribution in [0.3, 0.4) is 0 Å². The van der Waals surface area contributed by atoms with Crippen LogP contribution in [0, 0.1) is 0 Å². The Labute approximate surface area is 190 Å². The van der Waals surface area contributed by atoms with Crippen LogP contribution in [0.1, 0.15) is 25.1 Å². The van der Waals surface area contributed by atoms with E-state index >= 15 is 0 Å². The van der Waals surface area contributed by atoms with E-state index in [0.29, 0.717) is 0 Å². The molecule has 0 spiro atoms. The zero-order valence-electron chi connectivity index (χ0n) is 17.7. The van der Waals surface area contributed by atoms with Crippen LogP contribution in [0.15, 0.2) is 46.1 Å². The standard InChI is InChI=1S/C21H31N5O2.HI/c1-21(2,17-5-7-19(27-4)8-6-17)16-23-20(22-3)26-12-10-25(11-13-26)15-18-9-14-28-24-18;/h5-9,14H,10-13,15-16H2,1-4H3,(H,22,23);1H. The number of nitrogens with zero attached hydrogens (tertiary/aromatic N) is 4. The predicted octanol–water partition coefficient (Wildman–Crippen LogP) is 2.97. The van der Waals surface area contributed by atoms with E-state index in [1.54, 1.807) is 13.4 Å². The van der Waals surface area contributed by atoms with E-state index in [1.807, 2.05) is 25.2 Å². The number of aliphatic imine (C=N–C) groups is 1. The smallest absolute Gasteiger partial charge is 0.193 e. The van der Waals surface area contributed by atoms with Crippen LogP contribution in [0.2, 0.25) is 0 Å². The highest BCUT2D eigenvalue weighted by molar-refractivity contribution is 14.0. The lowest BCUT2D eigenvalue weighted by molar-refractivity contribution is 0.168. The Bertz CT molecular complexity index is 754. The Balaban J connectivity index is 0.00000300. The number of ether oxygens (including phenoxy) is 1. The first kappa shape index (κ1) is 23.5. The Kier molecular flexibility index (Phi) is 8.76. The van der Waals surface area contributed by atoms with Crippen molar-refractivity contribution in [1.82, 2.24) is 20.3 Å². The molecule has 1 aromatic heterocycles. The van der Waals surface area contributed by atoms with Crippen molar-refractivity contribution in [1.29, 1.82) is 0 Å². The Hall–Kier alpha value is -1.81. The van der Waals surface area contributed by atoms with Crippen LogP contribution >= 0.6 is 24.0 Å². The van der Waals surface area contributed by atoms with Gasteiger partial charge < -0.3 is 19.5 Å². The van der Waals surface area contributed by atoms with Gasteiger partial charge in [-0.3, -0.25) is 9.89 Å². The number of halogens is 1. The number of benzene rings is 1. The van der Waals surface area contributed by atoms with Crippen LogP contribution in [0.5, 0.6) is 5.75 Å². The van der Waals surface area contributed by atoms with Gasteiger partial charge in [0.25, 0.3) is 0 Å². The van der Waals surface area contributed by atoms with Crippen molar-refractivity contribution in [2.45, 2.75) is 25.8 Å². The average molecular weight is 513 g/mol. The molecule has 0 atom stereocenters. The third kappa shape index (κ3) is 6.33. The lowest BCUT2D eigenvalue weighted by Gasteiger charge is -2.37. The van der Waals surface area contributed by atoms with Gasteiger partial charge in [-0.1, -0.05) is 31.1 Å². The van der Waals surface area contributed by atoms with Crippen molar-refractivity contribution < 1.29 is 9.26 Å². The number of nitrogens with one attached hydrogen (secondary N) is 1. The van der Waals surface area contributed by atoms with E-state index in [4.69, 9.17) is 9.26 Å². The highest BCUT2D eigenvalue weighted by Gasteiger charge is 2.24. The zero-order valence-corrected chi connectivity index (χ0v) is 20.1. The molecule has 7 nitrogen and oxygen atoms in total. The summed E-state index contributed by atoms with van der Waals surface area (Å²) in [5.41, 5.74) is 2.24. The van der Waals surface area contributed by atoms with Crippen LogP contribution < -0.4 is 10.1 Å². The molecule has 160 valence electrons. The van der Waals surface area contributed by atoms with Crippen LogP contribution in [-0.4, -0.2) is 67.8 Å². The molecule has 1 aliphatic rings. The molecule has 2 aromatic rings. The zero-order chi connectivity index (χ0) is 20.0. The van der Waals surface area contributed by atoms with E-state index in [0.717, 1.165) is 56.7 Å². The summed E-state index contributed by atoms with van der Waals surface area (Å²) in [5.74, 6) is 1.84. The van der Waals surface area contributed by atoms with Crippen molar-refractivity contribution in [2.75, 3.05) is 46.9 Å². The first-order valence-corrected chi connectivity index (χ1v) is 9.73. The minimum absolute atomic E-state index is 0. The third-order valence-corrected chi connectivity index (χ3v) is 5.32. The Morgan fingerprint density at radius 3 is 2.41 bits per heavy atom. The first-order chi connectivity index (χ1) is 13.5. The molecule has 3 rings (SSSR count). The van der Waals surface area contributed by atoms with Gasteiger partial charge in [0.05, 0.1) is 12.8 Å². The fourth-order valence-corrected chi connectivity index (χ4v) is 3.44. The summed E-state index contributed by atoms with van der Waals surface area (Å²) < 4.78 is 10.2. The highest BCUT2D eigenvalue weighted by Crippen LogP contribution is 2.24. The van der Waals surface area contributed by atoms with Gasteiger partial charge in [-0.2, -0.15) is 0 Å². The lowest BCUT2D eigenvalue weighted by atomic mass is 9.84. The molecule has 1 aromatic carbocycles. The second kappa shape index (κ2) is 10.8. The number of piperazine rings is 1. The van der Waals surface area contributed by atoms with Crippen LogP contribution in [-0.2, 0) is 12.0 Å². The highest BCUT2D eigenvalue weighted by atomic mass is 127. The molecule has 0 bridgehead atoms. The maximum Gasteiger partial charge on any atom is 0.193 e. The van der Waals surface area contributed by atoms with Gasteiger partial charge in [-0.15, -0.1) is 24.0 Å². The molecule has 29 heavy (non-hydrogen) atoms. The summed E-state index contributed by atoms with van der Waals surface area (Å²) in [4.78, 5) is 9.22. The van der Waals surface area contributed by atoms with E-state index in [2.05, 4.69) is 51.2 Å². The van der Waals surface area contributed by atoms with E-state index in [9.17, 15) is 0 Å². The summed E-state index contributed by atoms with van der Waals surface area (Å²) in [6.07, 6.45) is 1.63. The number of hydrogen-bond donors (Lipinski definition) is 1. The molecule has 1 saturated heterocycles. The van der Waals surface area contributed by atoms with Gasteiger partial charge >= 0.3 is 0 Å². The number of rotatable bonds is 6. The number of methoxy groups -OCH3 is 1. The molecular weight excluding hydrogens is 481 g/mol. The summed E-state index contributed by atoms with van der Waals surface area (Å²) in [5, 5.41) is 7.57. The van der Waals surface area contributed by atoms with Crippen molar-refractivity contribution in [3.63, 3.8) is 0 Å². The monoisotopic (exact) mass is 513 g/mol. The van der Waals surface area contributed by atoms with Crippen molar-refractivity contribution in [3.8, 4) is 5.75 Å². The van der Waals surface area contributed by atoms with Gasteiger partial charge in [0, 0.05) is 57.8 Å². The molecule has 8 heteroatoms. The Morgan fingerprint density at radius 1 is 1.17 bits per heavy atom. The summed E-state index contributed by atoms with van der Waals surface area (Å²) in [7, 11) is 3.54. The quantitative estimate of drug-likeness (QED) is 0.364. The van der Waals surface area contributed by atoms with Gasteiger partial charge in [-0.05, 0) is 17.7 Å². The molecular formula is C21H32IN5O2. The first-order valence-electron chi connectivity index (χ1n) is 9.73. The second-order valence-corrected chi connectivity index (χ2v) is 7.77. The maximum atomic E-state index is 5.26. The largest absolute Gasteiger partial charge is 0.497 e. The second-order valence-electron chi connectivity index (χ2n) is 7.77. The summed E-state index contributed by atoms with van der Waals surface area (Å²) >= 11 is 0. The number of guanidine groups is 1. The molecule has 0 unspecified atom stereocenters. The van der Waals surface area contributed by atoms with E-state index in [1.165, 1.54) is 5.56 Å². The minimum atomic E-state index is -0.0169. The van der Waals surface area contributed by atoms with Gasteiger partial charge in [-0.25, -0.2) is 0 Å². The molecule has 1 aliphatic heterocycles. The summed E-state index contributed by atoms with van der Waals surface area (Å²) in [6, 6.07) is 10.2. The SMILES string of the molecule is CN=C(NCC(C)(C)c1ccc(OC)cc1)N1CCN(Cc2ccon2)CC1.I. The summed E-state index contributed by atoms with van der Waals surface area (Å²) in [6.45, 7) is 9.98. The Morgan fingerprint density at radius 2 is 1.86 bits per heavy atom. The normalized spacial score (nSPS) is 15.7. The molecule has 0 radical (unpaired) electrons. The van der Waals surface area contributed by atoms with E-state index < -0.39 is 0 Å². The number of hydrogen-bond acceptors (Lipinski definition) is 5. The number of aromatic nitrogens is 1. The van der Waals surface area contributed by atoms with Crippen molar-refractivity contribution in [3.05, 3.63) is 47.9 Å². The molecule has 1 N–H and O–H groups in total. The van der Waals surface area contributed by atoms with E-state index in [-0.39, 0.29) is 29.4 Å². The van der Waals surface area contributed by atoms with Crippen LogP contribution in [0.4, 0.5) is 0 Å². The minimum Gasteiger partial charge on any atom is -0.497 e. The fraction of sp³-hybridized carbons (Fsp3) is 0.524. The lowest BCUT2D eigenvalue weighted by Crippen LogP contribution is -2.53. The maximum absolute atomic E-state index is 5.26. The van der Waals surface area contributed by atoms with Crippen molar-refractivity contribution in [2.24, 2.45) is 4.99 Å². The predicted molar refractivity (Wildman–Crippen MR) is 126 cm³/mol. The average Bonchev–Trinajstić information content (AvgIpc) is 3.22. The topological polar surface area (TPSA) is 66.1 Å². The van der Waals surface area contributed by atoms with Gasteiger partial charge in [0.15, 0.2) is 5.96 Å².